The number of tetrazole rings is 1. The van der Waals surface area contributed by atoms with Crippen LogP contribution in [0.3, 0.4) is 0 Å². The zero-order chi connectivity index (χ0) is 21.7. The molecule has 3 rings (SSSR count). The number of aliphatic hydroxyl groups excluding tert-OH is 1. The van der Waals surface area contributed by atoms with E-state index in [1.807, 2.05) is 32.0 Å². The maximum absolute atomic E-state index is 11.5. The molecule has 0 saturated heterocycles. The molecule has 30 heavy (non-hydrogen) atoms. The number of para-hydroxylation sites is 1. The van der Waals surface area contributed by atoms with Gasteiger partial charge in [-0.05, 0) is 60.5 Å². The van der Waals surface area contributed by atoms with Crippen molar-refractivity contribution in [1.29, 1.82) is 0 Å². The van der Waals surface area contributed by atoms with Crippen molar-refractivity contribution in [3.63, 3.8) is 0 Å². The molecular formula is C21H24N4O4S. The molecule has 0 aliphatic carbocycles. The number of nitrogens with zero attached hydrogens (tertiary/aromatic N) is 4. The van der Waals surface area contributed by atoms with Crippen LogP contribution in [0, 0.1) is 13.8 Å². The Balaban J connectivity index is 1.62. The van der Waals surface area contributed by atoms with Crippen molar-refractivity contribution in [2.75, 3.05) is 19.5 Å². The standard InChI is InChI=1S/C21H24N4O4S/c1-13-6-5-7-14(2)20(13)25-21(22-23-24-25)30-12-17(27)11-29-18-9-8-16(15(3)26)10-19(18)28-4/h5-10,17,27H,11-12H2,1-4H3. The average Bonchev–Trinajstić information content (AvgIpc) is 3.18. The van der Waals surface area contributed by atoms with Crippen LogP contribution in [0.2, 0.25) is 0 Å². The van der Waals surface area contributed by atoms with Gasteiger partial charge in [-0.2, -0.15) is 4.68 Å². The van der Waals surface area contributed by atoms with Gasteiger partial charge in [0.2, 0.25) is 5.16 Å². The SMILES string of the molecule is COc1cc(C(C)=O)ccc1OCC(O)CSc1nnnn1-c1c(C)cccc1C. The first-order valence-corrected chi connectivity index (χ1v) is 10.4. The number of Topliss-reactive ketones (excluding diaryl/α,β-unsaturated/α-hetero) is 1. The fraction of sp³-hybridized carbons (Fsp3) is 0.333. The summed E-state index contributed by atoms with van der Waals surface area (Å²) in [6.07, 6.45) is -0.754. The summed E-state index contributed by atoms with van der Waals surface area (Å²) in [7, 11) is 1.51. The van der Waals surface area contributed by atoms with Crippen molar-refractivity contribution in [3.8, 4) is 17.2 Å². The van der Waals surface area contributed by atoms with Crippen molar-refractivity contribution in [1.82, 2.24) is 20.2 Å². The second-order valence-electron chi connectivity index (χ2n) is 6.81. The zero-order valence-electron chi connectivity index (χ0n) is 17.3. The van der Waals surface area contributed by atoms with E-state index < -0.39 is 6.10 Å². The minimum absolute atomic E-state index is 0.0575. The summed E-state index contributed by atoms with van der Waals surface area (Å²) in [4.78, 5) is 11.5. The minimum Gasteiger partial charge on any atom is -0.493 e. The maximum Gasteiger partial charge on any atom is 0.214 e. The summed E-state index contributed by atoms with van der Waals surface area (Å²) in [6.45, 7) is 5.56. The molecule has 1 unspecified atom stereocenters. The van der Waals surface area contributed by atoms with Gasteiger partial charge in [0.15, 0.2) is 17.3 Å². The quantitative estimate of drug-likeness (QED) is 0.410. The van der Waals surface area contributed by atoms with Gasteiger partial charge in [0, 0.05) is 11.3 Å². The summed E-state index contributed by atoms with van der Waals surface area (Å²) in [5.74, 6) is 1.20. The topological polar surface area (TPSA) is 99.4 Å². The van der Waals surface area contributed by atoms with Crippen LogP contribution >= 0.6 is 11.8 Å². The van der Waals surface area contributed by atoms with Gasteiger partial charge in [-0.15, -0.1) is 5.10 Å². The fourth-order valence-corrected chi connectivity index (χ4v) is 3.74. The number of thioether (sulfide) groups is 1. The molecule has 0 saturated carbocycles. The van der Waals surface area contributed by atoms with Gasteiger partial charge in [-0.1, -0.05) is 30.0 Å². The number of methoxy groups -OCH3 is 1. The van der Waals surface area contributed by atoms with Crippen LogP contribution in [-0.2, 0) is 0 Å². The summed E-state index contributed by atoms with van der Waals surface area (Å²) >= 11 is 1.35. The molecule has 8 nitrogen and oxygen atoms in total. The zero-order valence-corrected chi connectivity index (χ0v) is 18.1. The largest absolute Gasteiger partial charge is 0.493 e. The van der Waals surface area contributed by atoms with E-state index in [1.165, 1.54) is 25.8 Å². The van der Waals surface area contributed by atoms with Crippen LogP contribution in [0.15, 0.2) is 41.6 Å². The molecule has 0 aliphatic rings. The fourth-order valence-electron chi connectivity index (χ4n) is 2.96. The molecular weight excluding hydrogens is 404 g/mol. The van der Waals surface area contributed by atoms with Crippen molar-refractivity contribution in [2.24, 2.45) is 0 Å². The monoisotopic (exact) mass is 428 g/mol. The predicted octanol–water partition coefficient (Wildman–Crippen LogP) is 3.02. The Morgan fingerprint density at radius 3 is 2.60 bits per heavy atom. The van der Waals surface area contributed by atoms with Gasteiger partial charge < -0.3 is 14.6 Å². The summed E-state index contributed by atoms with van der Waals surface area (Å²) in [5, 5.41) is 22.9. The number of carbonyl (C=O) groups is 1. The highest BCUT2D eigenvalue weighted by atomic mass is 32.2. The number of benzene rings is 2. The summed E-state index contributed by atoms with van der Waals surface area (Å²) < 4.78 is 12.7. The molecule has 3 aromatic rings. The molecule has 1 heterocycles. The number of rotatable bonds is 9. The molecule has 9 heteroatoms. The summed E-state index contributed by atoms with van der Waals surface area (Å²) in [6, 6.07) is 11.0. The van der Waals surface area contributed by atoms with Crippen molar-refractivity contribution >= 4 is 17.5 Å². The lowest BCUT2D eigenvalue weighted by molar-refractivity contribution is 0.101. The van der Waals surface area contributed by atoms with Gasteiger partial charge in [0.25, 0.3) is 0 Å². The highest BCUT2D eigenvalue weighted by molar-refractivity contribution is 7.99. The molecule has 0 aliphatic heterocycles. The number of aliphatic hydroxyl groups is 1. The van der Waals surface area contributed by atoms with Crippen LogP contribution in [0.25, 0.3) is 5.69 Å². The lowest BCUT2D eigenvalue weighted by Gasteiger charge is -2.15. The molecule has 1 aromatic heterocycles. The normalized spacial score (nSPS) is 11.9. The number of ketones is 1. The van der Waals surface area contributed by atoms with Crippen molar-refractivity contribution in [3.05, 3.63) is 53.1 Å². The van der Waals surface area contributed by atoms with Crippen LogP contribution in [0.5, 0.6) is 11.5 Å². The molecule has 0 bridgehead atoms. The highest BCUT2D eigenvalue weighted by Gasteiger charge is 2.16. The number of carbonyl (C=O) groups excluding carboxylic acids is 1. The number of aryl methyl sites for hydroxylation is 2. The molecule has 1 N–H and O–H groups in total. The third kappa shape index (κ3) is 4.98. The highest BCUT2D eigenvalue weighted by Crippen LogP contribution is 2.29. The van der Waals surface area contributed by atoms with E-state index in [1.54, 1.807) is 22.9 Å². The molecule has 2 aromatic carbocycles. The lowest BCUT2D eigenvalue weighted by atomic mass is 10.1. The van der Waals surface area contributed by atoms with Crippen LogP contribution in [0.1, 0.15) is 28.4 Å². The lowest BCUT2D eigenvalue weighted by Crippen LogP contribution is -2.20. The molecule has 1 atom stereocenters. The Morgan fingerprint density at radius 2 is 1.93 bits per heavy atom. The predicted molar refractivity (Wildman–Crippen MR) is 114 cm³/mol. The Bertz CT molecular complexity index is 1020. The van der Waals surface area contributed by atoms with E-state index in [2.05, 4.69) is 15.5 Å². The smallest absolute Gasteiger partial charge is 0.214 e. The Morgan fingerprint density at radius 1 is 1.20 bits per heavy atom. The summed E-state index contributed by atoms with van der Waals surface area (Å²) in [5.41, 5.74) is 3.60. The van der Waals surface area contributed by atoms with E-state index in [0.29, 0.717) is 28.0 Å². The van der Waals surface area contributed by atoms with Gasteiger partial charge in [0.05, 0.1) is 18.9 Å². The average molecular weight is 429 g/mol. The van der Waals surface area contributed by atoms with Gasteiger partial charge in [0.1, 0.15) is 6.61 Å². The molecule has 0 spiro atoms. The van der Waals surface area contributed by atoms with Crippen molar-refractivity contribution in [2.45, 2.75) is 32.0 Å². The molecule has 0 amide bonds. The number of hydrogen-bond donors (Lipinski definition) is 1. The van der Waals surface area contributed by atoms with Crippen LogP contribution in [-0.4, -0.2) is 56.7 Å². The van der Waals surface area contributed by atoms with E-state index in [-0.39, 0.29) is 12.4 Å². The van der Waals surface area contributed by atoms with Gasteiger partial charge in [-0.25, -0.2) is 0 Å². The third-order valence-electron chi connectivity index (χ3n) is 4.50. The van der Waals surface area contributed by atoms with Crippen LogP contribution in [0.4, 0.5) is 0 Å². The molecule has 0 radical (unpaired) electrons. The Labute approximate surface area is 179 Å². The first kappa shape index (κ1) is 21.8. The van der Waals surface area contributed by atoms with E-state index in [9.17, 15) is 9.90 Å². The number of aromatic nitrogens is 4. The first-order valence-electron chi connectivity index (χ1n) is 9.38. The molecule has 0 fully saturated rings. The second kappa shape index (κ2) is 9.73. The third-order valence-corrected chi connectivity index (χ3v) is 5.56. The van der Waals surface area contributed by atoms with Crippen LogP contribution < -0.4 is 9.47 Å². The van der Waals surface area contributed by atoms with E-state index >= 15 is 0 Å². The Kier molecular flexibility index (Phi) is 7.07. The number of hydrogen-bond acceptors (Lipinski definition) is 8. The first-order chi connectivity index (χ1) is 14.4. The van der Waals surface area contributed by atoms with Gasteiger partial charge in [-0.3, -0.25) is 4.79 Å². The number of ether oxygens (including phenoxy) is 2. The maximum atomic E-state index is 11.5. The minimum atomic E-state index is -0.754. The Hall–Kier alpha value is -2.91. The van der Waals surface area contributed by atoms with E-state index in [4.69, 9.17) is 9.47 Å². The van der Waals surface area contributed by atoms with Gasteiger partial charge >= 0.3 is 0 Å². The second-order valence-corrected chi connectivity index (χ2v) is 7.80. The molecule has 158 valence electrons. The van der Waals surface area contributed by atoms with E-state index in [0.717, 1.165) is 16.8 Å². The van der Waals surface area contributed by atoms with Crippen molar-refractivity contribution < 1.29 is 19.4 Å².